The monoisotopic (exact) mass is 521 g/mol. The van der Waals surface area contributed by atoms with Crippen molar-refractivity contribution in [3.8, 4) is 0 Å². The highest BCUT2D eigenvalue weighted by molar-refractivity contribution is 7.99. The van der Waals surface area contributed by atoms with Crippen molar-refractivity contribution in [3.63, 3.8) is 0 Å². The third-order valence-electron chi connectivity index (χ3n) is 8.13. The lowest BCUT2D eigenvalue weighted by molar-refractivity contribution is -0.205. The molecule has 0 aliphatic carbocycles. The average molecular weight is 522 g/mol. The van der Waals surface area contributed by atoms with Crippen molar-refractivity contribution in [2.45, 2.75) is 86.0 Å². The topological polar surface area (TPSA) is 132 Å². The summed E-state index contributed by atoms with van der Waals surface area (Å²) in [5.74, 6) is 1.37. The molecule has 34 heavy (non-hydrogen) atoms. The molecule has 4 saturated heterocycles. The number of carbonyl (C=O) groups is 1. The van der Waals surface area contributed by atoms with E-state index in [4.69, 9.17) is 21.1 Å². The molecular formula is C23H40ClN3O6S. The summed E-state index contributed by atoms with van der Waals surface area (Å²) >= 11 is 7.65. The molecular weight excluding hydrogens is 482 g/mol. The summed E-state index contributed by atoms with van der Waals surface area (Å²) in [6, 6.07) is -1.27. The molecule has 4 fully saturated rings. The Morgan fingerprint density at radius 1 is 1.09 bits per heavy atom. The summed E-state index contributed by atoms with van der Waals surface area (Å²) in [7, 11) is 0. The van der Waals surface area contributed by atoms with Gasteiger partial charge in [-0.15, -0.1) is 23.4 Å². The number of aliphatic hydroxyl groups excluding tert-OH is 3. The predicted octanol–water partition coefficient (Wildman–Crippen LogP) is -0.348. The second kappa shape index (κ2) is 11.9. The number of hydrogen-bond acceptors (Lipinski definition) is 9. The van der Waals surface area contributed by atoms with Crippen LogP contribution < -0.4 is 16.0 Å². The van der Waals surface area contributed by atoms with Crippen molar-refractivity contribution in [1.82, 2.24) is 16.0 Å². The molecule has 0 spiro atoms. The van der Waals surface area contributed by atoms with Gasteiger partial charge in [0, 0.05) is 13.2 Å². The summed E-state index contributed by atoms with van der Waals surface area (Å²) < 4.78 is 12.1. The molecule has 196 valence electrons. The molecule has 6 unspecified atom stereocenters. The number of carbonyl (C=O) groups excluding carboxylic acids is 1. The van der Waals surface area contributed by atoms with E-state index in [9.17, 15) is 20.1 Å². The quantitative estimate of drug-likeness (QED) is 0.259. The van der Waals surface area contributed by atoms with Gasteiger partial charge in [-0.1, -0.05) is 0 Å². The fourth-order valence-corrected chi connectivity index (χ4v) is 7.04. The highest BCUT2D eigenvalue weighted by Gasteiger charge is 2.49. The molecule has 0 aromatic heterocycles. The van der Waals surface area contributed by atoms with E-state index in [1.165, 1.54) is 24.6 Å². The second-order valence-corrected chi connectivity index (χ2v) is 11.9. The molecule has 11 atom stereocenters. The maximum absolute atomic E-state index is 13.4. The number of amides is 1. The highest BCUT2D eigenvalue weighted by Crippen LogP contribution is 2.37. The van der Waals surface area contributed by atoms with E-state index < -0.39 is 47.3 Å². The first kappa shape index (κ1) is 26.9. The van der Waals surface area contributed by atoms with Gasteiger partial charge in [-0.25, -0.2) is 0 Å². The first-order chi connectivity index (χ1) is 16.3. The normalized spacial score (nSPS) is 43.5. The zero-order chi connectivity index (χ0) is 24.4. The van der Waals surface area contributed by atoms with Crippen molar-refractivity contribution in [2.75, 3.05) is 32.5 Å². The van der Waals surface area contributed by atoms with Crippen LogP contribution in [0.25, 0.3) is 0 Å². The van der Waals surface area contributed by atoms with E-state index in [1.54, 1.807) is 13.2 Å². The standard InChI is InChI=1S/C23H40ClN3O6S/c1-11(24)15(21-18(29)17(28)19(30)23(33-21)34-2)27-22(31)16-20-14(10-26-16)9-13(5-8-32-20)12-3-6-25-7-4-12/h11-21,23,25-26,28-30H,3-10H2,1-2H3,(H,27,31)/t11-,13?,14-,15+,16-,17?,18?,19?,20+,21?,23?/m0/s1. The molecule has 4 aliphatic rings. The lowest BCUT2D eigenvalue weighted by Crippen LogP contribution is -2.65. The van der Waals surface area contributed by atoms with Gasteiger partial charge in [0.25, 0.3) is 0 Å². The maximum Gasteiger partial charge on any atom is 0.240 e. The van der Waals surface area contributed by atoms with Crippen LogP contribution in [0.4, 0.5) is 0 Å². The number of fused-ring (bicyclic) bond motifs is 1. The zero-order valence-electron chi connectivity index (χ0n) is 19.9. The molecule has 11 heteroatoms. The maximum atomic E-state index is 13.4. The molecule has 0 radical (unpaired) electrons. The molecule has 0 aromatic rings. The third-order valence-corrected chi connectivity index (χ3v) is 9.25. The molecule has 6 N–H and O–H groups in total. The highest BCUT2D eigenvalue weighted by atomic mass is 35.5. The fraction of sp³-hybridized carbons (Fsp3) is 0.957. The van der Waals surface area contributed by atoms with Crippen LogP contribution in [0.15, 0.2) is 0 Å². The smallest absolute Gasteiger partial charge is 0.240 e. The number of thioether (sulfide) groups is 1. The first-order valence-electron chi connectivity index (χ1n) is 12.5. The average Bonchev–Trinajstić information content (AvgIpc) is 3.11. The van der Waals surface area contributed by atoms with Crippen molar-refractivity contribution < 1.29 is 29.6 Å². The van der Waals surface area contributed by atoms with Crippen molar-refractivity contribution in [2.24, 2.45) is 17.8 Å². The van der Waals surface area contributed by atoms with Crippen molar-refractivity contribution in [1.29, 1.82) is 0 Å². The molecule has 4 heterocycles. The number of aliphatic hydroxyl groups is 3. The lowest BCUT2D eigenvalue weighted by atomic mass is 9.77. The van der Waals surface area contributed by atoms with Crippen LogP contribution in [0.2, 0.25) is 0 Å². The minimum absolute atomic E-state index is 0.207. The molecule has 0 bridgehead atoms. The minimum atomic E-state index is -1.39. The number of ether oxygens (including phenoxy) is 2. The molecule has 4 aliphatic heterocycles. The number of hydrogen-bond donors (Lipinski definition) is 6. The van der Waals surface area contributed by atoms with Crippen LogP contribution >= 0.6 is 23.4 Å². The van der Waals surface area contributed by atoms with Gasteiger partial charge in [0.2, 0.25) is 5.91 Å². The van der Waals surface area contributed by atoms with E-state index in [0.29, 0.717) is 18.4 Å². The molecule has 0 aromatic carbocycles. The Bertz CT molecular complexity index is 685. The number of nitrogens with one attached hydrogen (secondary N) is 3. The number of alkyl halides is 1. The zero-order valence-corrected chi connectivity index (χ0v) is 21.5. The van der Waals surface area contributed by atoms with Gasteiger partial charge in [-0.05, 0) is 69.7 Å². The van der Waals surface area contributed by atoms with Gasteiger partial charge < -0.3 is 40.7 Å². The number of piperidine rings is 1. The molecule has 4 rings (SSSR count). The summed E-state index contributed by atoms with van der Waals surface area (Å²) in [4.78, 5) is 13.4. The Morgan fingerprint density at radius 3 is 2.50 bits per heavy atom. The Kier molecular flexibility index (Phi) is 9.42. The number of halogens is 1. The Morgan fingerprint density at radius 2 is 1.82 bits per heavy atom. The Balaban J connectivity index is 1.41. The second-order valence-electron chi connectivity index (χ2n) is 10.2. The third kappa shape index (κ3) is 5.70. The predicted molar refractivity (Wildman–Crippen MR) is 131 cm³/mol. The van der Waals surface area contributed by atoms with Crippen LogP contribution in [-0.2, 0) is 14.3 Å². The Labute approximate surface area is 211 Å². The van der Waals surface area contributed by atoms with Crippen LogP contribution in [0, 0.1) is 17.8 Å². The summed E-state index contributed by atoms with van der Waals surface area (Å²) in [6.45, 7) is 5.25. The first-order valence-corrected chi connectivity index (χ1v) is 14.3. The molecule has 0 saturated carbocycles. The van der Waals surface area contributed by atoms with Gasteiger partial charge in [-0.2, -0.15) is 0 Å². The molecule has 1 amide bonds. The van der Waals surface area contributed by atoms with Crippen LogP contribution in [0.1, 0.15) is 32.6 Å². The van der Waals surface area contributed by atoms with Crippen LogP contribution in [-0.4, -0.2) is 107 Å². The minimum Gasteiger partial charge on any atom is -0.388 e. The van der Waals surface area contributed by atoms with Crippen LogP contribution in [0.3, 0.4) is 0 Å². The summed E-state index contributed by atoms with van der Waals surface area (Å²) in [5.41, 5.74) is -0.732. The van der Waals surface area contributed by atoms with Gasteiger partial charge in [-0.3, -0.25) is 4.79 Å². The van der Waals surface area contributed by atoms with E-state index in [-0.39, 0.29) is 17.9 Å². The van der Waals surface area contributed by atoms with Crippen molar-refractivity contribution in [3.05, 3.63) is 0 Å². The van der Waals surface area contributed by atoms with Crippen LogP contribution in [0.5, 0.6) is 0 Å². The van der Waals surface area contributed by atoms with Crippen molar-refractivity contribution >= 4 is 29.3 Å². The van der Waals surface area contributed by atoms with Gasteiger partial charge in [0.1, 0.15) is 35.9 Å². The Hall–Kier alpha value is -0.170. The number of rotatable bonds is 6. The summed E-state index contributed by atoms with van der Waals surface area (Å²) in [6.07, 6.45) is 1.09. The van der Waals surface area contributed by atoms with E-state index in [2.05, 4.69) is 16.0 Å². The van der Waals surface area contributed by atoms with Gasteiger partial charge >= 0.3 is 0 Å². The van der Waals surface area contributed by atoms with E-state index >= 15 is 0 Å². The fourth-order valence-electron chi connectivity index (χ4n) is 6.16. The van der Waals surface area contributed by atoms with Gasteiger partial charge in [0.05, 0.1) is 17.5 Å². The van der Waals surface area contributed by atoms with E-state index in [1.807, 2.05) is 0 Å². The lowest BCUT2D eigenvalue weighted by Gasteiger charge is -2.44. The SMILES string of the molecule is CSC1OC([C@H](NC(=O)[C@H]2NC[C@@H]3CC(C4CCNCC4)CCO[C@H]32)[C@H](C)Cl)C(O)C(O)C1O. The largest absolute Gasteiger partial charge is 0.388 e. The van der Waals surface area contributed by atoms with Gasteiger partial charge in [0.15, 0.2) is 0 Å². The summed E-state index contributed by atoms with van der Waals surface area (Å²) in [5, 5.41) is 40.3. The van der Waals surface area contributed by atoms with E-state index in [0.717, 1.165) is 32.5 Å². The molecule has 9 nitrogen and oxygen atoms in total.